The first-order chi connectivity index (χ1) is 14.5. The van der Waals surface area contributed by atoms with Gasteiger partial charge in [0.15, 0.2) is 5.65 Å². The zero-order chi connectivity index (χ0) is 20.8. The molecule has 30 heavy (non-hydrogen) atoms. The Morgan fingerprint density at radius 2 is 1.93 bits per heavy atom. The number of carbonyl (C=O) groups is 1. The van der Waals surface area contributed by atoms with Crippen molar-refractivity contribution in [2.24, 2.45) is 0 Å². The van der Waals surface area contributed by atoms with Crippen molar-refractivity contribution in [3.63, 3.8) is 0 Å². The van der Waals surface area contributed by atoms with Crippen LogP contribution in [0.25, 0.3) is 5.65 Å². The Kier molecular flexibility index (Phi) is 4.60. The Balaban J connectivity index is 1.51. The normalized spacial score (nSPS) is 19.2. The second kappa shape index (κ2) is 7.31. The number of anilines is 2. The molecule has 0 saturated carbocycles. The second-order valence-electron chi connectivity index (χ2n) is 8.51. The number of nitrogen functional groups attached to an aromatic ring is 1. The quantitative estimate of drug-likeness (QED) is 0.676. The number of aromatic nitrogens is 3. The number of carbonyl (C=O) groups excluding carboxylic acids is 1. The largest absolute Gasteiger partial charge is 0.398 e. The highest BCUT2D eigenvalue weighted by Gasteiger charge is 2.32. The van der Waals surface area contributed by atoms with Crippen LogP contribution in [0.5, 0.6) is 0 Å². The number of nitrogens with zero attached hydrogens (tertiary/aromatic N) is 5. The minimum Gasteiger partial charge on any atom is -0.398 e. The van der Waals surface area contributed by atoms with Gasteiger partial charge in [0.05, 0.1) is 17.3 Å². The Labute approximate surface area is 176 Å². The van der Waals surface area contributed by atoms with E-state index < -0.39 is 0 Å². The van der Waals surface area contributed by atoms with Crippen molar-refractivity contribution < 1.29 is 4.79 Å². The van der Waals surface area contributed by atoms with E-state index in [0.29, 0.717) is 11.3 Å². The van der Waals surface area contributed by atoms with Crippen LogP contribution in [-0.2, 0) is 0 Å². The number of hydrogen-bond acceptors (Lipinski definition) is 5. The summed E-state index contributed by atoms with van der Waals surface area (Å²) in [6, 6.07) is 7.62. The molecule has 3 aromatic rings. The summed E-state index contributed by atoms with van der Waals surface area (Å²) >= 11 is 0. The smallest absolute Gasteiger partial charge is 0.256 e. The van der Waals surface area contributed by atoms with Gasteiger partial charge in [0.1, 0.15) is 5.82 Å². The Morgan fingerprint density at radius 1 is 1.10 bits per heavy atom. The van der Waals surface area contributed by atoms with Crippen LogP contribution >= 0.6 is 0 Å². The number of benzene rings is 1. The van der Waals surface area contributed by atoms with Gasteiger partial charge in [0.25, 0.3) is 5.91 Å². The maximum Gasteiger partial charge on any atom is 0.256 e. The molecule has 0 spiro atoms. The van der Waals surface area contributed by atoms with E-state index >= 15 is 0 Å². The molecule has 1 aromatic carbocycles. The molecule has 2 fully saturated rings. The Hall–Kier alpha value is -3.09. The van der Waals surface area contributed by atoms with Crippen molar-refractivity contribution >= 4 is 23.1 Å². The fourth-order valence-electron chi connectivity index (χ4n) is 4.64. The molecule has 7 nitrogen and oxygen atoms in total. The first-order valence-electron chi connectivity index (χ1n) is 10.8. The number of fused-ring (bicyclic) bond motifs is 1. The molecule has 4 heterocycles. The zero-order valence-electron chi connectivity index (χ0n) is 17.6. The highest BCUT2D eigenvalue weighted by Crippen LogP contribution is 2.34. The molecule has 0 radical (unpaired) electrons. The van der Waals surface area contributed by atoms with E-state index in [1.165, 1.54) is 6.42 Å². The molecule has 2 aromatic heterocycles. The maximum absolute atomic E-state index is 13.5. The van der Waals surface area contributed by atoms with Crippen molar-refractivity contribution in [2.45, 2.75) is 45.6 Å². The van der Waals surface area contributed by atoms with Crippen LogP contribution in [0.1, 0.15) is 58.9 Å². The van der Waals surface area contributed by atoms with Gasteiger partial charge in [-0.25, -0.2) is 9.50 Å². The highest BCUT2D eigenvalue weighted by atomic mass is 16.2. The highest BCUT2D eigenvalue weighted by molar-refractivity contribution is 6.00. The third kappa shape index (κ3) is 3.09. The lowest BCUT2D eigenvalue weighted by atomic mass is 9.96. The molecule has 2 aliphatic heterocycles. The number of aryl methyl sites for hydroxylation is 2. The lowest BCUT2D eigenvalue weighted by Gasteiger charge is -2.35. The van der Waals surface area contributed by atoms with Crippen LogP contribution in [0.4, 0.5) is 11.5 Å². The van der Waals surface area contributed by atoms with Crippen molar-refractivity contribution in [1.82, 2.24) is 19.5 Å². The van der Waals surface area contributed by atoms with Crippen molar-refractivity contribution in [3.05, 3.63) is 52.8 Å². The molecule has 2 N–H and O–H groups in total. The Morgan fingerprint density at radius 3 is 2.67 bits per heavy atom. The summed E-state index contributed by atoms with van der Waals surface area (Å²) in [5.74, 6) is 1.04. The van der Waals surface area contributed by atoms with E-state index in [1.54, 1.807) is 6.07 Å². The maximum atomic E-state index is 13.5. The fraction of sp³-hybridized carbons (Fsp3) is 0.435. The van der Waals surface area contributed by atoms with Crippen molar-refractivity contribution in [2.75, 3.05) is 30.3 Å². The summed E-state index contributed by atoms with van der Waals surface area (Å²) in [5.41, 5.74) is 11.1. The summed E-state index contributed by atoms with van der Waals surface area (Å²) in [6.45, 7) is 6.87. The van der Waals surface area contributed by atoms with Crippen LogP contribution in [0.15, 0.2) is 30.5 Å². The molecule has 5 rings (SSSR count). The lowest BCUT2D eigenvalue weighted by molar-refractivity contribution is 0.0606. The van der Waals surface area contributed by atoms with Gasteiger partial charge in [-0.15, -0.1) is 0 Å². The van der Waals surface area contributed by atoms with Gasteiger partial charge in [0, 0.05) is 43.1 Å². The summed E-state index contributed by atoms with van der Waals surface area (Å²) in [6.07, 6.45) is 6.25. The van der Waals surface area contributed by atoms with E-state index in [2.05, 4.69) is 11.8 Å². The van der Waals surface area contributed by atoms with Gasteiger partial charge in [-0.05, 0) is 51.2 Å². The molecule has 0 aliphatic carbocycles. The number of likely N-dealkylation sites (tertiary alicyclic amines) is 1. The van der Waals surface area contributed by atoms with Gasteiger partial charge in [-0.1, -0.05) is 12.1 Å². The number of rotatable bonds is 3. The third-order valence-corrected chi connectivity index (χ3v) is 6.40. The lowest BCUT2D eigenvalue weighted by Crippen LogP contribution is -2.39. The zero-order valence-corrected chi connectivity index (χ0v) is 17.6. The molecule has 1 unspecified atom stereocenters. The van der Waals surface area contributed by atoms with Crippen LogP contribution in [0, 0.1) is 13.8 Å². The Bertz CT molecular complexity index is 1100. The van der Waals surface area contributed by atoms with Crippen molar-refractivity contribution in [1.29, 1.82) is 0 Å². The minimum absolute atomic E-state index is 0.00207. The van der Waals surface area contributed by atoms with Crippen LogP contribution in [-0.4, -0.2) is 45.0 Å². The summed E-state index contributed by atoms with van der Waals surface area (Å²) in [5, 5.41) is 4.82. The van der Waals surface area contributed by atoms with E-state index in [4.69, 9.17) is 15.8 Å². The van der Waals surface area contributed by atoms with E-state index in [9.17, 15) is 4.79 Å². The topological polar surface area (TPSA) is 79.8 Å². The summed E-state index contributed by atoms with van der Waals surface area (Å²) in [7, 11) is 0. The molecule has 1 atom stereocenters. The molecule has 7 heteroatoms. The first-order valence-corrected chi connectivity index (χ1v) is 10.8. The fourth-order valence-corrected chi connectivity index (χ4v) is 4.64. The first kappa shape index (κ1) is 18.9. The number of amides is 1. The molecule has 0 bridgehead atoms. The summed E-state index contributed by atoms with van der Waals surface area (Å²) in [4.78, 5) is 22.6. The van der Waals surface area contributed by atoms with E-state index in [-0.39, 0.29) is 11.9 Å². The van der Waals surface area contributed by atoms with Gasteiger partial charge >= 0.3 is 0 Å². The molecule has 156 valence electrons. The predicted molar refractivity (Wildman–Crippen MR) is 118 cm³/mol. The molecular weight excluding hydrogens is 376 g/mol. The summed E-state index contributed by atoms with van der Waals surface area (Å²) < 4.78 is 1.85. The van der Waals surface area contributed by atoms with Crippen LogP contribution in [0.2, 0.25) is 0 Å². The predicted octanol–water partition coefficient (Wildman–Crippen LogP) is 3.51. The van der Waals surface area contributed by atoms with Gasteiger partial charge < -0.3 is 15.5 Å². The van der Waals surface area contributed by atoms with Gasteiger partial charge in [-0.2, -0.15) is 5.10 Å². The number of piperidine rings is 1. The van der Waals surface area contributed by atoms with Gasteiger partial charge in [-0.3, -0.25) is 4.79 Å². The standard InChI is InChI=1S/C23H28N6O/c1-15-7-5-8-17(24)21(15)23(30)28-12-4-3-9-19(28)18-13-20-25-22(27-10-6-11-27)16(2)14-29(20)26-18/h5,7-8,13-14,19H,3-4,6,9-12,24H2,1-2H3. The number of hydrogen-bond donors (Lipinski definition) is 1. The molecular formula is C23H28N6O. The SMILES string of the molecule is Cc1cn2nc(C3CCCCN3C(=O)c3c(C)cccc3N)cc2nc1N1CCC1. The average molecular weight is 405 g/mol. The van der Waals surface area contributed by atoms with Crippen LogP contribution < -0.4 is 10.6 Å². The van der Waals surface area contributed by atoms with E-state index in [0.717, 1.165) is 67.2 Å². The van der Waals surface area contributed by atoms with E-state index in [1.807, 2.05) is 40.7 Å². The molecule has 2 aliphatic rings. The average Bonchev–Trinajstić information content (AvgIpc) is 3.09. The van der Waals surface area contributed by atoms with Gasteiger partial charge in [0.2, 0.25) is 0 Å². The van der Waals surface area contributed by atoms with Crippen molar-refractivity contribution in [3.8, 4) is 0 Å². The second-order valence-corrected chi connectivity index (χ2v) is 8.51. The monoisotopic (exact) mass is 404 g/mol. The molecule has 2 saturated heterocycles. The minimum atomic E-state index is -0.0558. The molecule has 1 amide bonds. The third-order valence-electron chi connectivity index (χ3n) is 6.40. The van der Waals surface area contributed by atoms with Crippen LogP contribution in [0.3, 0.4) is 0 Å². The number of nitrogens with two attached hydrogens (primary N) is 1.